The van der Waals surface area contributed by atoms with Crippen molar-refractivity contribution in [2.75, 3.05) is 32.1 Å². The summed E-state index contributed by atoms with van der Waals surface area (Å²) in [6.07, 6.45) is 0.876. The van der Waals surface area contributed by atoms with Gasteiger partial charge in [-0.3, -0.25) is 4.79 Å². The van der Waals surface area contributed by atoms with Crippen LogP contribution < -0.4 is 5.32 Å². The second kappa shape index (κ2) is 6.21. The highest BCUT2D eigenvalue weighted by Crippen LogP contribution is 2.18. The summed E-state index contributed by atoms with van der Waals surface area (Å²) in [6.45, 7) is 4.00. The van der Waals surface area contributed by atoms with E-state index < -0.39 is 0 Å². The molecule has 6 heteroatoms. The fourth-order valence-electron chi connectivity index (χ4n) is 2.09. The van der Waals surface area contributed by atoms with Crippen molar-refractivity contribution in [3.8, 4) is 0 Å². The van der Waals surface area contributed by atoms with Crippen LogP contribution in [0.3, 0.4) is 0 Å². The zero-order chi connectivity index (χ0) is 13.8. The molecule has 1 fully saturated rings. The first-order valence-electron chi connectivity index (χ1n) is 6.38. The van der Waals surface area contributed by atoms with Gasteiger partial charge in [-0.25, -0.2) is 4.98 Å². The van der Waals surface area contributed by atoms with E-state index in [9.17, 15) is 4.79 Å². The molecule has 0 spiro atoms. The Kier molecular flexibility index (Phi) is 4.61. The lowest BCUT2D eigenvalue weighted by Gasteiger charge is -2.23. The Labute approximate surface area is 117 Å². The van der Waals surface area contributed by atoms with Crippen molar-refractivity contribution in [1.29, 1.82) is 0 Å². The third-order valence-corrected chi connectivity index (χ3v) is 3.37. The number of carbonyl (C=O) groups is 1. The van der Waals surface area contributed by atoms with E-state index in [1.54, 1.807) is 24.1 Å². The Balaban J connectivity index is 2.17. The molecule has 1 saturated heterocycles. The Morgan fingerprint density at radius 1 is 1.63 bits per heavy atom. The number of rotatable bonds is 4. The van der Waals surface area contributed by atoms with Crippen LogP contribution in [0.2, 0.25) is 5.15 Å². The Morgan fingerprint density at radius 2 is 2.42 bits per heavy atom. The van der Waals surface area contributed by atoms with Crippen LogP contribution in [0, 0.1) is 0 Å². The van der Waals surface area contributed by atoms with E-state index in [0.717, 1.165) is 13.0 Å². The average molecular weight is 284 g/mol. The summed E-state index contributed by atoms with van der Waals surface area (Å²) in [5.41, 5.74) is 0.547. The predicted octanol–water partition coefficient (Wildman–Crippen LogP) is 2.03. The van der Waals surface area contributed by atoms with Gasteiger partial charge in [0.1, 0.15) is 11.0 Å². The summed E-state index contributed by atoms with van der Waals surface area (Å²) in [4.78, 5) is 18.2. The van der Waals surface area contributed by atoms with Crippen LogP contribution in [0.5, 0.6) is 0 Å². The van der Waals surface area contributed by atoms with E-state index in [2.05, 4.69) is 10.3 Å². The molecular formula is C13H18ClN3O2. The molecule has 1 aliphatic heterocycles. The van der Waals surface area contributed by atoms with E-state index in [4.69, 9.17) is 16.3 Å². The van der Waals surface area contributed by atoms with Gasteiger partial charge in [-0.05, 0) is 25.5 Å². The number of nitrogens with one attached hydrogen (secondary N) is 1. The Hall–Kier alpha value is -1.33. The molecule has 2 heterocycles. The van der Waals surface area contributed by atoms with Gasteiger partial charge in [-0.15, -0.1) is 0 Å². The van der Waals surface area contributed by atoms with E-state index in [0.29, 0.717) is 29.7 Å². The van der Waals surface area contributed by atoms with Gasteiger partial charge in [0.2, 0.25) is 0 Å². The maximum atomic E-state index is 12.4. The number of nitrogens with zero attached hydrogens (tertiary/aromatic N) is 2. The van der Waals surface area contributed by atoms with Crippen molar-refractivity contribution >= 4 is 23.3 Å². The number of hydrogen-bond acceptors (Lipinski definition) is 4. The zero-order valence-electron chi connectivity index (χ0n) is 11.1. The maximum absolute atomic E-state index is 12.4. The number of carbonyl (C=O) groups excluding carboxylic acids is 1. The molecular weight excluding hydrogens is 266 g/mol. The predicted molar refractivity (Wildman–Crippen MR) is 74.7 cm³/mol. The lowest BCUT2D eigenvalue weighted by Crippen LogP contribution is -2.37. The van der Waals surface area contributed by atoms with E-state index in [-0.39, 0.29) is 11.9 Å². The SMILES string of the molecule is CCNc1cc(C(=O)N(C)C2CCOC2)cc(Cl)n1. The summed E-state index contributed by atoms with van der Waals surface area (Å²) >= 11 is 5.95. The van der Waals surface area contributed by atoms with Crippen LogP contribution in [-0.4, -0.2) is 48.6 Å². The van der Waals surface area contributed by atoms with Gasteiger partial charge in [0.25, 0.3) is 5.91 Å². The molecule has 0 aromatic carbocycles. The maximum Gasteiger partial charge on any atom is 0.254 e. The number of hydrogen-bond donors (Lipinski definition) is 1. The van der Waals surface area contributed by atoms with Gasteiger partial charge in [0.05, 0.1) is 12.6 Å². The number of halogens is 1. The number of pyridine rings is 1. The minimum atomic E-state index is -0.0565. The van der Waals surface area contributed by atoms with Crippen molar-refractivity contribution in [3.63, 3.8) is 0 Å². The molecule has 2 rings (SSSR count). The van der Waals surface area contributed by atoms with Gasteiger partial charge < -0.3 is 15.0 Å². The molecule has 1 aromatic rings. The normalized spacial score (nSPS) is 18.4. The van der Waals surface area contributed by atoms with Crippen molar-refractivity contribution in [1.82, 2.24) is 9.88 Å². The smallest absolute Gasteiger partial charge is 0.254 e. The van der Waals surface area contributed by atoms with Crippen LogP contribution in [0.1, 0.15) is 23.7 Å². The van der Waals surface area contributed by atoms with Crippen molar-refractivity contribution in [2.24, 2.45) is 0 Å². The lowest BCUT2D eigenvalue weighted by atomic mass is 10.1. The molecule has 1 atom stereocenters. The monoisotopic (exact) mass is 283 g/mol. The summed E-state index contributed by atoms with van der Waals surface area (Å²) in [5, 5.41) is 3.38. The molecule has 1 N–H and O–H groups in total. The minimum Gasteiger partial charge on any atom is -0.379 e. The van der Waals surface area contributed by atoms with Crippen LogP contribution in [-0.2, 0) is 4.74 Å². The average Bonchev–Trinajstić information content (AvgIpc) is 2.90. The van der Waals surface area contributed by atoms with Crippen LogP contribution in [0.15, 0.2) is 12.1 Å². The number of aromatic nitrogens is 1. The Morgan fingerprint density at radius 3 is 3.05 bits per heavy atom. The summed E-state index contributed by atoms with van der Waals surface area (Å²) in [6, 6.07) is 3.46. The molecule has 5 nitrogen and oxygen atoms in total. The van der Waals surface area contributed by atoms with Crippen LogP contribution in [0.25, 0.3) is 0 Å². The van der Waals surface area contributed by atoms with E-state index in [1.807, 2.05) is 6.92 Å². The number of likely N-dealkylation sites (N-methyl/N-ethyl adjacent to an activating group) is 1. The molecule has 104 valence electrons. The highest BCUT2D eigenvalue weighted by Gasteiger charge is 2.25. The second-order valence-electron chi connectivity index (χ2n) is 4.53. The molecule has 1 aromatic heterocycles. The highest BCUT2D eigenvalue weighted by molar-refractivity contribution is 6.29. The van der Waals surface area contributed by atoms with Gasteiger partial charge in [-0.2, -0.15) is 0 Å². The molecule has 0 saturated carbocycles. The van der Waals surface area contributed by atoms with Gasteiger partial charge in [-0.1, -0.05) is 11.6 Å². The van der Waals surface area contributed by atoms with Crippen molar-refractivity contribution in [3.05, 3.63) is 22.8 Å². The van der Waals surface area contributed by atoms with Gasteiger partial charge in [0.15, 0.2) is 0 Å². The lowest BCUT2D eigenvalue weighted by molar-refractivity contribution is 0.0711. The number of anilines is 1. The van der Waals surface area contributed by atoms with Crippen molar-refractivity contribution < 1.29 is 9.53 Å². The van der Waals surface area contributed by atoms with E-state index in [1.165, 1.54) is 0 Å². The second-order valence-corrected chi connectivity index (χ2v) is 4.91. The van der Waals surface area contributed by atoms with Crippen molar-refractivity contribution in [2.45, 2.75) is 19.4 Å². The molecule has 19 heavy (non-hydrogen) atoms. The molecule has 0 aliphatic carbocycles. The fourth-order valence-corrected chi connectivity index (χ4v) is 2.30. The zero-order valence-corrected chi connectivity index (χ0v) is 11.9. The molecule has 1 aliphatic rings. The third-order valence-electron chi connectivity index (χ3n) is 3.17. The quantitative estimate of drug-likeness (QED) is 0.859. The summed E-state index contributed by atoms with van der Waals surface area (Å²) in [5.74, 6) is 0.563. The van der Waals surface area contributed by atoms with Crippen LogP contribution >= 0.6 is 11.6 Å². The largest absolute Gasteiger partial charge is 0.379 e. The standard InChI is InChI=1S/C13H18ClN3O2/c1-3-15-12-7-9(6-11(14)16-12)13(18)17(2)10-4-5-19-8-10/h6-7,10H,3-5,8H2,1-2H3,(H,15,16). The van der Waals surface area contributed by atoms with Gasteiger partial charge >= 0.3 is 0 Å². The number of ether oxygens (including phenoxy) is 1. The first-order chi connectivity index (χ1) is 9.11. The first-order valence-corrected chi connectivity index (χ1v) is 6.76. The fraction of sp³-hybridized carbons (Fsp3) is 0.538. The topological polar surface area (TPSA) is 54.5 Å². The van der Waals surface area contributed by atoms with E-state index >= 15 is 0 Å². The molecule has 0 bridgehead atoms. The third kappa shape index (κ3) is 3.36. The van der Waals surface area contributed by atoms with Gasteiger partial charge in [0, 0.05) is 25.8 Å². The Bertz CT molecular complexity index is 461. The summed E-state index contributed by atoms with van der Waals surface area (Å²) < 4.78 is 5.31. The molecule has 1 amide bonds. The minimum absolute atomic E-state index is 0.0565. The number of amides is 1. The molecule has 0 radical (unpaired) electrons. The first kappa shape index (κ1) is 14.1. The molecule has 1 unspecified atom stereocenters. The highest BCUT2D eigenvalue weighted by atomic mass is 35.5. The van der Waals surface area contributed by atoms with Crippen LogP contribution in [0.4, 0.5) is 5.82 Å². The summed E-state index contributed by atoms with van der Waals surface area (Å²) in [7, 11) is 1.79.